The van der Waals surface area contributed by atoms with Gasteiger partial charge in [0.25, 0.3) is 0 Å². The summed E-state index contributed by atoms with van der Waals surface area (Å²) >= 11 is 2.44. The number of methoxy groups -OCH3 is 1. The maximum absolute atomic E-state index is 10.4. The van der Waals surface area contributed by atoms with Gasteiger partial charge in [-0.05, 0) is 57.0 Å². The average molecular weight is 428 g/mol. The Kier molecular flexibility index (Phi) is 3.75. The Labute approximate surface area is 155 Å². The second kappa shape index (κ2) is 5.69. The highest BCUT2D eigenvalue weighted by molar-refractivity contribution is 14.1. The third-order valence-corrected chi connectivity index (χ3v) is 5.92. The van der Waals surface area contributed by atoms with E-state index in [0.29, 0.717) is 0 Å². The monoisotopic (exact) mass is 428 g/mol. The van der Waals surface area contributed by atoms with Crippen molar-refractivity contribution in [2.75, 3.05) is 7.11 Å². The lowest BCUT2D eigenvalue weighted by Gasteiger charge is -2.34. The van der Waals surface area contributed by atoms with E-state index >= 15 is 0 Å². The van der Waals surface area contributed by atoms with Crippen molar-refractivity contribution in [1.82, 2.24) is 0 Å². The zero-order chi connectivity index (χ0) is 16.8. The van der Waals surface area contributed by atoms with E-state index in [0.717, 1.165) is 0 Å². The van der Waals surface area contributed by atoms with Crippen LogP contribution in [0.15, 0.2) is 78.9 Å². The number of aliphatic hydroxyl groups is 1. The van der Waals surface area contributed by atoms with Gasteiger partial charge in [0.1, 0.15) is 0 Å². The van der Waals surface area contributed by atoms with Crippen molar-refractivity contribution in [1.29, 1.82) is 0 Å². The first-order valence-electron chi connectivity index (χ1n) is 7.83. The Morgan fingerprint density at radius 3 is 2.17 bits per heavy atom. The van der Waals surface area contributed by atoms with E-state index in [4.69, 9.17) is 4.74 Å². The van der Waals surface area contributed by atoms with Gasteiger partial charge in [-0.15, -0.1) is 0 Å². The summed E-state index contributed by atoms with van der Waals surface area (Å²) in [5.74, 6) is -1.34. The molecule has 2 aromatic carbocycles. The van der Waals surface area contributed by atoms with Crippen LogP contribution in [0, 0.1) is 0 Å². The number of hydrogen-bond donors (Lipinski definition) is 1. The Morgan fingerprint density at radius 1 is 0.875 bits per heavy atom. The molecule has 2 aromatic rings. The standard InChI is InChI=1S/C21H17IO2/c1-24-21(23)13-11-20(12-14-21)17-10-6-5-9-16(17)19(22)18(20)15-7-3-2-4-8-15/h2-14,23H,1H3. The molecule has 0 fully saturated rings. The van der Waals surface area contributed by atoms with E-state index in [9.17, 15) is 5.11 Å². The van der Waals surface area contributed by atoms with Crippen LogP contribution in [0.2, 0.25) is 0 Å². The molecule has 24 heavy (non-hydrogen) atoms. The zero-order valence-corrected chi connectivity index (χ0v) is 15.4. The topological polar surface area (TPSA) is 29.5 Å². The van der Waals surface area contributed by atoms with Crippen molar-refractivity contribution in [3.05, 3.63) is 95.6 Å². The number of benzene rings is 2. The van der Waals surface area contributed by atoms with Crippen molar-refractivity contribution < 1.29 is 9.84 Å². The van der Waals surface area contributed by atoms with Gasteiger partial charge in [0.2, 0.25) is 5.79 Å². The lowest BCUT2D eigenvalue weighted by molar-refractivity contribution is -0.107. The third-order valence-electron chi connectivity index (χ3n) is 4.80. The second-order valence-electron chi connectivity index (χ2n) is 6.09. The molecule has 4 rings (SSSR count). The lowest BCUT2D eigenvalue weighted by atomic mass is 9.72. The van der Waals surface area contributed by atoms with E-state index in [-0.39, 0.29) is 5.41 Å². The smallest absolute Gasteiger partial charge is 0.205 e. The van der Waals surface area contributed by atoms with E-state index in [1.807, 2.05) is 6.07 Å². The molecule has 0 aromatic heterocycles. The zero-order valence-electron chi connectivity index (χ0n) is 13.2. The predicted molar refractivity (Wildman–Crippen MR) is 106 cm³/mol. The highest BCUT2D eigenvalue weighted by Crippen LogP contribution is 2.56. The maximum Gasteiger partial charge on any atom is 0.205 e. The van der Waals surface area contributed by atoms with Crippen LogP contribution in [-0.4, -0.2) is 18.0 Å². The summed E-state index contributed by atoms with van der Waals surface area (Å²) in [6, 6.07) is 18.9. The summed E-state index contributed by atoms with van der Waals surface area (Å²) in [4.78, 5) is 0. The Hall–Kier alpha value is -1.69. The van der Waals surface area contributed by atoms with Crippen molar-refractivity contribution >= 4 is 31.7 Å². The number of halogens is 1. The largest absolute Gasteiger partial charge is 0.359 e. The number of fused-ring (bicyclic) bond motifs is 2. The third kappa shape index (κ3) is 2.23. The number of allylic oxidation sites excluding steroid dienone is 3. The van der Waals surface area contributed by atoms with Gasteiger partial charge in [-0.3, -0.25) is 0 Å². The fourth-order valence-electron chi connectivity index (χ4n) is 3.55. The molecule has 0 radical (unpaired) electrons. The predicted octanol–water partition coefficient (Wildman–Crippen LogP) is 4.70. The molecule has 3 heteroatoms. The Bertz CT molecular complexity index is 864. The van der Waals surface area contributed by atoms with E-state index < -0.39 is 5.79 Å². The molecule has 1 N–H and O–H groups in total. The van der Waals surface area contributed by atoms with Crippen molar-refractivity contribution in [3.63, 3.8) is 0 Å². The summed E-state index contributed by atoms with van der Waals surface area (Å²) in [5.41, 5.74) is 4.54. The first-order valence-corrected chi connectivity index (χ1v) is 8.91. The highest BCUT2D eigenvalue weighted by atomic mass is 127. The van der Waals surface area contributed by atoms with Gasteiger partial charge in [0, 0.05) is 10.7 Å². The van der Waals surface area contributed by atoms with Gasteiger partial charge >= 0.3 is 0 Å². The molecule has 0 saturated heterocycles. The fourth-order valence-corrected chi connectivity index (χ4v) is 4.78. The molecule has 0 atom stereocenters. The normalized spacial score (nSPS) is 27.8. The fraction of sp³-hybridized carbons (Fsp3) is 0.143. The molecule has 2 aliphatic rings. The molecule has 0 saturated carbocycles. The van der Waals surface area contributed by atoms with Crippen LogP contribution in [0.25, 0.3) is 9.15 Å². The summed E-state index contributed by atoms with van der Waals surface area (Å²) in [6.45, 7) is 0. The van der Waals surface area contributed by atoms with Crippen molar-refractivity contribution in [3.8, 4) is 0 Å². The first kappa shape index (κ1) is 15.8. The quantitative estimate of drug-likeness (QED) is 0.427. The maximum atomic E-state index is 10.4. The molecule has 1 spiro atoms. The minimum absolute atomic E-state index is 0.376. The first-order chi connectivity index (χ1) is 11.6. The van der Waals surface area contributed by atoms with Crippen molar-refractivity contribution in [2.24, 2.45) is 0 Å². The minimum atomic E-state index is -1.34. The van der Waals surface area contributed by atoms with Crippen LogP contribution in [0.5, 0.6) is 0 Å². The number of hydrogen-bond acceptors (Lipinski definition) is 2. The summed E-state index contributed by atoms with van der Waals surface area (Å²) < 4.78 is 6.44. The van der Waals surface area contributed by atoms with Gasteiger partial charge in [-0.1, -0.05) is 66.7 Å². The van der Waals surface area contributed by atoms with Crippen LogP contribution in [0.4, 0.5) is 0 Å². The van der Waals surface area contributed by atoms with Crippen LogP contribution < -0.4 is 0 Å². The van der Waals surface area contributed by atoms with Gasteiger partial charge < -0.3 is 9.84 Å². The van der Waals surface area contributed by atoms with Gasteiger partial charge in [0.05, 0.1) is 5.41 Å². The van der Waals surface area contributed by atoms with Crippen LogP contribution in [-0.2, 0) is 10.2 Å². The molecule has 120 valence electrons. The highest BCUT2D eigenvalue weighted by Gasteiger charge is 2.44. The van der Waals surface area contributed by atoms with Crippen LogP contribution in [0.3, 0.4) is 0 Å². The van der Waals surface area contributed by atoms with Crippen LogP contribution in [0.1, 0.15) is 16.7 Å². The molecule has 2 aliphatic carbocycles. The minimum Gasteiger partial charge on any atom is -0.359 e. The van der Waals surface area contributed by atoms with E-state index in [2.05, 4.69) is 83.3 Å². The van der Waals surface area contributed by atoms with Gasteiger partial charge in [-0.25, -0.2) is 0 Å². The van der Waals surface area contributed by atoms with Crippen molar-refractivity contribution in [2.45, 2.75) is 11.2 Å². The molecule has 0 bridgehead atoms. The molecule has 2 nitrogen and oxygen atoms in total. The Balaban J connectivity index is 1.98. The SMILES string of the molecule is COC1(O)C=CC2(C=C1)C(c1ccccc1)=C(I)c1ccccc12. The van der Waals surface area contributed by atoms with Crippen LogP contribution >= 0.6 is 22.6 Å². The Morgan fingerprint density at radius 2 is 1.50 bits per heavy atom. The lowest BCUT2D eigenvalue weighted by Crippen LogP contribution is -2.33. The second-order valence-corrected chi connectivity index (χ2v) is 7.17. The molecule has 0 amide bonds. The molecular weight excluding hydrogens is 411 g/mol. The molecule has 0 unspecified atom stereocenters. The molecule has 0 aliphatic heterocycles. The summed E-state index contributed by atoms with van der Waals surface area (Å²) in [7, 11) is 1.51. The van der Waals surface area contributed by atoms with Gasteiger partial charge in [0.15, 0.2) is 0 Å². The average Bonchev–Trinajstić information content (AvgIpc) is 2.88. The number of rotatable bonds is 2. The number of ether oxygens (including phenoxy) is 1. The van der Waals surface area contributed by atoms with Gasteiger partial charge in [-0.2, -0.15) is 0 Å². The summed E-state index contributed by atoms with van der Waals surface area (Å²) in [6.07, 6.45) is 7.59. The molecule has 0 heterocycles. The van der Waals surface area contributed by atoms with E-state index in [1.165, 1.54) is 33.0 Å². The van der Waals surface area contributed by atoms with E-state index in [1.54, 1.807) is 12.2 Å². The summed E-state index contributed by atoms with van der Waals surface area (Å²) in [5, 5.41) is 10.4. The molecular formula is C21H17IO2.